The van der Waals surface area contributed by atoms with Crippen molar-refractivity contribution >= 4 is 17.6 Å². The molecule has 2 aromatic heterocycles. The highest BCUT2D eigenvalue weighted by Gasteiger charge is 2.22. The van der Waals surface area contributed by atoms with Crippen molar-refractivity contribution in [2.24, 2.45) is 0 Å². The monoisotopic (exact) mass is 398 g/mol. The van der Waals surface area contributed by atoms with Crippen LogP contribution in [0, 0.1) is 0 Å². The van der Waals surface area contributed by atoms with Gasteiger partial charge in [0, 0.05) is 18.3 Å². The van der Waals surface area contributed by atoms with Crippen molar-refractivity contribution in [2.75, 3.05) is 6.61 Å². The molecule has 3 heterocycles. The molecule has 0 spiro atoms. The average molecular weight is 399 g/mol. The first-order valence-electron chi connectivity index (χ1n) is 8.51. The summed E-state index contributed by atoms with van der Waals surface area (Å²) >= 11 is 6.30. The quantitative estimate of drug-likeness (QED) is 0.678. The Kier molecular flexibility index (Phi) is 4.75. The molecule has 8 heteroatoms. The number of hydrogen-bond donors (Lipinski definition) is 1. The first-order chi connectivity index (χ1) is 13.5. The summed E-state index contributed by atoms with van der Waals surface area (Å²) in [6.07, 6.45) is 1.30. The zero-order valence-corrected chi connectivity index (χ0v) is 15.3. The van der Waals surface area contributed by atoms with Crippen molar-refractivity contribution in [3.05, 3.63) is 75.2 Å². The van der Waals surface area contributed by atoms with Gasteiger partial charge in [-0.3, -0.25) is 4.79 Å². The molecule has 1 N–H and O–H groups in total. The molecular formula is C20H15ClN2O5. The van der Waals surface area contributed by atoms with Crippen LogP contribution in [0.4, 0.5) is 0 Å². The highest BCUT2D eigenvalue weighted by molar-refractivity contribution is 6.31. The van der Waals surface area contributed by atoms with Gasteiger partial charge in [-0.15, -0.1) is 0 Å². The van der Waals surface area contributed by atoms with E-state index < -0.39 is 11.4 Å². The fourth-order valence-corrected chi connectivity index (χ4v) is 3.16. The Hall–Kier alpha value is -3.32. The number of aromatic nitrogens is 2. The van der Waals surface area contributed by atoms with Crippen LogP contribution in [-0.2, 0) is 13.2 Å². The Labute approximate surface area is 164 Å². The van der Waals surface area contributed by atoms with Crippen LogP contribution in [0.25, 0.3) is 11.4 Å². The van der Waals surface area contributed by atoms with Crippen LogP contribution >= 0.6 is 11.6 Å². The van der Waals surface area contributed by atoms with E-state index in [4.69, 9.17) is 26.2 Å². The lowest BCUT2D eigenvalue weighted by Gasteiger charge is -2.13. The van der Waals surface area contributed by atoms with E-state index in [1.54, 1.807) is 10.6 Å². The molecule has 0 amide bonds. The van der Waals surface area contributed by atoms with Crippen molar-refractivity contribution in [2.45, 2.75) is 13.2 Å². The average Bonchev–Trinajstić information content (AvgIpc) is 2.85. The van der Waals surface area contributed by atoms with Gasteiger partial charge in [-0.1, -0.05) is 41.9 Å². The van der Waals surface area contributed by atoms with Gasteiger partial charge < -0.3 is 19.1 Å². The molecule has 1 aromatic carbocycles. The smallest absolute Gasteiger partial charge is 0.341 e. The molecule has 0 radical (unpaired) electrons. The largest absolute Gasteiger partial charge is 0.489 e. The number of fused-ring (bicyclic) bond motifs is 3. The molecule has 0 atom stereocenters. The Balaban J connectivity index is 1.72. The second-order valence-corrected chi connectivity index (χ2v) is 6.54. The first-order valence-corrected chi connectivity index (χ1v) is 8.89. The normalized spacial score (nSPS) is 12.3. The van der Waals surface area contributed by atoms with Crippen LogP contribution in [0.1, 0.15) is 15.9 Å². The number of benzene rings is 1. The number of carboxylic acids is 1. The summed E-state index contributed by atoms with van der Waals surface area (Å²) in [6.45, 7) is 0.965. The second kappa shape index (κ2) is 7.36. The third kappa shape index (κ3) is 3.44. The molecular weight excluding hydrogens is 384 g/mol. The Morgan fingerprint density at radius 2 is 2.07 bits per heavy atom. The number of aromatic carboxylic acids is 1. The standard InChI is InChI=1S/C20H15ClN2O5/c21-19-17(28-11-12-4-2-1-3-5-12)9-16-18(22-19)14-8-15(24)13(20(25)26)10-23(14)6-7-27-16/h1-5,8-10H,6-7,11H2,(H,25,26). The van der Waals surface area contributed by atoms with E-state index in [2.05, 4.69) is 4.98 Å². The van der Waals surface area contributed by atoms with Gasteiger partial charge in [0.05, 0.1) is 12.2 Å². The zero-order chi connectivity index (χ0) is 19.7. The minimum absolute atomic E-state index is 0.126. The Morgan fingerprint density at radius 1 is 1.29 bits per heavy atom. The van der Waals surface area contributed by atoms with Gasteiger partial charge in [-0.2, -0.15) is 0 Å². The number of halogens is 1. The van der Waals surface area contributed by atoms with Crippen LogP contribution in [0.15, 0.2) is 53.5 Å². The summed E-state index contributed by atoms with van der Waals surface area (Å²) in [7, 11) is 0. The van der Waals surface area contributed by atoms with E-state index in [1.165, 1.54) is 12.3 Å². The molecule has 1 aliphatic heterocycles. The van der Waals surface area contributed by atoms with Crippen LogP contribution < -0.4 is 14.9 Å². The van der Waals surface area contributed by atoms with Gasteiger partial charge in [-0.05, 0) is 5.56 Å². The van der Waals surface area contributed by atoms with Crippen LogP contribution in [0.5, 0.6) is 11.5 Å². The predicted molar refractivity (Wildman–Crippen MR) is 102 cm³/mol. The van der Waals surface area contributed by atoms with Crippen molar-refractivity contribution in [3.8, 4) is 22.9 Å². The lowest BCUT2D eigenvalue weighted by molar-refractivity contribution is 0.0694. The Morgan fingerprint density at radius 3 is 2.82 bits per heavy atom. The molecule has 142 valence electrons. The van der Waals surface area contributed by atoms with Gasteiger partial charge >= 0.3 is 5.97 Å². The molecule has 0 aliphatic carbocycles. The zero-order valence-electron chi connectivity index (χ0n) is 14.6. The molecule has 1 aliphatic rings. The van der Waals surface area contributed by atoms with Crippen molar-refractivity contribution in [1.29, 1.82) is 0 Å². The molecule has 28 heavy (non-hydrogen) atoms. The lowest BCUT2D eigenvalue weighted by Crippen LogP contribution is -2.19. The summed E-state index contributed by atoms with van der Waals surface area (Å²) in [5.41, 5.74) is 0.880. The van der Waals surface area contributed by atoms with Crippen LogP contribution in [0.2, 0.25) is 5.15 Å². The number of carbonyl (C=O) groups is 1. The maximum absolute atomic E-state index is 12.1. The fourth-order valence-electron chi connectivity index (χ4n) is 2.96. The van der Waals surface area contributed by atoms with E-state index in [0.29, 0.717) is 36.0 Å². The van der Waals surface area contributed by atoms with Gasteiger partial charge in [0.1, 0.15) is 24.5 Å². The molecule has 0 saturated heterocycles. The van der Waals surface area contributed by atoms with Crippen molar-refractivity contribution < 1.29 is 19.4 Å². The molecule has 4 rings (SSSR count). The summed E-state index contributed by atoms with van der Waals surface area (Å²) in [5.74, 6) is -0.496. The van der Waals surface area contributed by atoms with E-state index in [1.807, 2.05) is 30.3 Å². The minimum atomic E-state index is -1.28. The summed E-state index contributed by atoms with van der Waals surface area (Å²) < 4.78 is 13.1. The van der Waals surface area contributed by atoms with Crippen molar-refractivity contribution in [1.82, 2.24) is 9.55 Å². The highest BCUT2D eigenvalue weighted by Crippen LogP contribution is 2.37. The molecule has 0 saturated carbocycles. The number of ether oxygens (including phenoxy) is 2. The predicted octanol–water partition coefficient (Wildman–Crippen LogP) is 3.23. The maximum atomic E-state index is 12.1. The molecule has 7 nitrogen and oxygen atoms in total. The molecule has 0 unspecified atom stereocenters. The van der Waals surface area contributed by atoms with Gasteiger partial charge in [0.2, 0.25) is 0 Å². The van der Waals surface area contributed by atoms with Gasteiger partial charge in [0.25, 0.3) is 0 Å². The number of hydrogen-bond acceptors (Lipinski definition) is 5. The van der Waals surface area contributed by atoms with Crippen molar-refractivity contribution in [3.63, 3.8) is 0 Å². The van der Waals surface area contributed by atoms with Crippen LogP contribution in [-0.4, -0.2) is 27.2 Å². The lowest BCUT2D eigenvalue weighted by atomic mass is 10.1. The maximum Gasteiger partial charge on any atom is 0.341 e. The number of rotatable bonds is 4. The summed E-state index contributed by atoms with van der Waals surface area (Å²) in [4.78, 5) is 27.7. The fraction of sp³-hybridized carbons (Fsp3) is 0.150. The summed E-state index contributed by atoms with van der Waals surface area (Å²) in [5, 5.41) is 9.29. The van der Waals surface area contributed by atoms with Gasteiger partial charge in [-0.25, -0.2) is 9.78 Å². The Bertz CT molecular complexity index is 1110. The van der Waals surface area contributed by atoms with E-state index in [0.717, 1.165) is 5.56 Å². The second-order valence-electron chi connectivity index (χ2n) is 6.18. The SMILES string of the molecule is O=C(O)c1cn2c(cc1=O)-c1nc(Cl)c(OCc3ccccc3)cc1OCC2. The third-order valence-corrected chi connectivity index (χ3v) is 4.61. The van der Waals surface area contributed by atoms with Crippen LogP contribution in [0.3, 0.4) is 0 Å². The third-order valence-electron chi connectivity index (χ3n) is 4.34. The molecule has 0 bridgehead atoms. The summed E-state index contributed by atoms with van der Waals surface area (Å²) in [6, 6.07) is 12.5. The molecule has 3 aromatic rings. The van der Waals surface area contributed by atoms with E-state index in [9.17, 15) is 9.59 Å². The minimum Gasteiger partial charge on any atom is -0.489 e. The number of carboxylic acid groups (broad SMARTS) is 1. The van der Waals surface area contributed by atoms with E-state index in [-0.39, 0.29) is 17.3 Å². The first kappa shape index (κ1) is 18.1. The van der Waals surface area contributed by atoms with E-state index >= 15 is 0 Å². The molecule has 0 fully saturated rings. The number of pyridine rings is 2. The topological polar surface area (TPSA) is 90.7 Å². The van der Waals surface area contributed by atoms with Gasteiger partial charge in [0.15, 0.2) is 22.1 Å². The highest BCUT2D eigenvalue weighted by atomic mass is 35.5. The number of nitrogens with zero attached hydrogens (tertiary/aromatic N) is 2.